The van der Waals surface area contributed by atoms with Crippen LogP contribution in [0.25, 0.3) is 0 Å². The van der Waals surface area contributed by atoms with Gasteiger partial charge in [0.25, 0.3) is 0 Å². The van der Waals surface area contributed by atoms with Crippen molar-refractivity contribution in [2.45, 2.75) is 72.4 Å². The van der Waals surface area contributed by atoms with E-state index in [2.05, 4.69) is 72.0 Å². The molecule has 0 radical (unpaired) electrons. The standard InChI is InChI=1S/C19H31NO/c1-12(2)10-17-18(13(3)4)20-15-11-14(19(5,6)7)8-9-16(15)21-17/h8-9,11-13,17-18,20H,10H2,1-7H3. The molecular formula is C19H31NO. The molecule has 1 heterocycles. The first kappa shape index (κ1) is 16.2. The minimum Gasteiger partial charge on any atom is -0.486 e. The summed E-state index contributed by atoms with van der Waals surface area (Å²) in [5.74, 6) is 2.21. The second kappa shape index (κ2) is 5.90. The Bertz CT molecular complexity index is 485. The number of hydrogen-bond acceptors (Lipinski definition) is 2. The maximum absolute atomic E-state index is 6.32. The molecule has 2 atom stereocenters. The first-order chi connectivity index (χ1) is 9.68. The largest absolute Gasteiger partial charge is 0.486 e. The Kier molecular flexibility index (Phi) is 4.55. The molecule has 1 aromatic rings. The first-order valence-electron chi connectivity index (χ1n) is 8.26. The normalized spacial score (nSPS) is 22.0. The van der Waals surface area contributed by atoms with Crippen LogP contribution in [0.2, 0.25) is 0 Å². The van der Waals surface area contributed by atoms with Crippen LogP contribution in [0.3, 0.4) is 0 Å². The fourth-order valence-corrected chi connectivity index (χ4v) is 2.98. The molecule has 0 aliphatic carbocycles. The van der Waals surface area contributed by atoms with Crippen molar-refractivity contribution in [2.24, 2.45) is 11.8 Å². The molecule has 0 amide bonds. The molecule has 1 aliphatic heterocycles. The van der Waals surface area contributed by atoms with Gasteiger partial charge in [-0.25, -0.2) is 0 Å². The molecular weight excluding hydrogens is 258 g/mol. The highest BCUT2D eigenvalue weighted by Crippen LogP contribution is 2.38. The molecule has 0 fully saturated rings. The average molecular weight is 289 g/mol. The average Bonchev–Trinajstić information content (AvgIpc) is 2.35. The minimum absolute atomic E-state index is 0.165. The van der Waals surface area contributed by atoms with Crippen LogP contribution in [0.5, 0.6) is 5.75 Å². The Morgan fingerprint density at radius 2 is 1.81 bits per heavy atom. The molecule has 0 bridgehead atoms. The third-order valence-electron chi connectivity index (χ3n) is 4.27. The summed E-state index contributed by atoms with van der Waals surface area (Å²) in [5.41, 5.74) is 2.67. The van der Waals surface area contributed by atoms with Gasteiger partial charge in [-0.05, 0) is 41.4 Å². The van der Waals surface area contributed by atoms with Crippen LogP contribution in [0.1, 0.15) is 60.5 Å². The number of fused-ring (bicyclic) bond motifs is 1. The van der Waals surface area contributed by atoms with Gasteiger partial charge in [-0.1, -0.05) is 54.5 Å². The van der Waals surface area contributed by atoms with Crippen LogP contribution in [0.15, 0.2) is 18.2 Å². The zero-order chi connectivity index (χ0) is 15.8. The molecule has 1 N–H and O–H groups in total. The van der Waals surface area contributed by atoms with Crippen LogP contribution in [-0.2, 0) is 5.41 Å². The molecule has 0 aromatic heterocycles. The van der Waals surface area contributed by atoms with Gasteiger partial charge in [0.15, 0.2) is 0 Å². The smallest absolute Gasteiger partial charge is 0.142 e. The molecule has 0 spiro atoms. The number of anilines is 1. The topological polar surface area (TPSA) is 21.3 Å². The zero-order valence-electron chi connectivity index (χ0n) is 14.7. The third-order valence-corrected chi connectivity index (χ3v) is 4.27. The van der Waals surface area contributed by atoms with Crippen molar-refractivity contribution in [3.8, 4) is 5.75 Å². The second-order valence-corrected chi connectivity index (χ2v) is 8.16. The molecule has 1 aromatic carbocycles. The lowest BCUT2D eigenvalue weighted by atomic mass is 9.85. The number of benzene rings is 1. The number of hydrogen-bond donors (Lipinski definition) is 1. The number of rotatable bonds is 3. The second-order valence-electron chi connectivity index (χ2n) is 8.16. The zero-order valence-corrected chi connectivity index (χ0v) is 14.7. The van der Waals surface area contributed by atoms with Gasteiger partial charge in [-0.3, -0.25) is 0 Å². The molecule has 2 rings (SSSR count). The minimum atomic E-state index is 0.165. The Morgan fingerprint density at radius 3 is 2.33 bits per heavy atom. The lowest BCUT2D eigenvalue weighted by molar-refractivity contribution is 0.125. The maximum Gasteiger partial charge on any atom is 0.142 e. The Morgan fingerprint density at radius 1 is 1.14 bits per heavy atom. The Hall–Kier alpha value is -1.18. The highest BCUT2D eigenvalue weighted by Gasteiger charge is 2.32. The third kappa shape index (κ3) is 3.72. The lowest BCUT2D eigenvalue weighted by Gasteiger charge is -2.39. The van der Waals surface area contributed by atoms with E-state index < -0.39 is 0 Å². The van der Waals surface area contributed by atoms with Crippen LogP contribution in [-0.4, -0.2) is 12.1 Å². The summed E-state index contributed by atoms with van der Waals surface area (Å²) in [5, 5.41) is 3.74. The van der Waals surface area contributed by atoms with E-state index in [0.29, 0.717) is 17.9 Å². The number of nitrogens with one attached hydrogen (secondary N) is 1. The summed E-state index contributed by atoms with van der Waals surface area (Å²) in [4.78, 5) is 0. The van der Waals surface area contributed by atoms with E-state index in [1.807, 2.05) is 0 Å². The summed E-state index contributed by atoms with van der Waals surface area (Å²) in [6.45, 7) is 15.8. The molecule has 118 valence electrons. The molecule has 2 unspecified atom stereocenters. The summed E-state index contributed by atoms with van der Waals surface area (Å²) in [6, 6.07) is 6.97. The fraction of sp³-hybridized carbons (Fsp3) is 0.684. The Labute approximate surface area is 130 Å². The molecule has 0 saturated heterocycles. The van der Waals surface area contributed by atoms with Gasteiger partial charge in [0.05, 0.1) is 11.7 Å². The quantitative estimate of drug-likeness (QED) is 0.823. The van der Waals surface area contributed by atoms with Crippen molar-refractivity contribution in [1.29, 1.82) is 0 Å². The predicted molar refractivity (Wildman–Crippen MR) is 91.3 cm³/mol. The van der Waals surface area contributed by atoms with Gasteiger partial charge in [0.1, 0.15) is 11.9 Å². The predicted octanol–water partition coefficient (Wildman–Crippen LogP) is 5.23. The van der Waals surface area contributed by atoms with Crippen molar-refractivity contribution >= 4 is 5.69 Å². The van der Waals surface area contributed by atoms with Gasteiger partial charge in [0.2, 0.25) is 0 Å². The Balaban J connectivity index is 2.31. The fourth-order valence-electron chi connectivity index (χ4n) is 2.98. The van der Waals surface area contributed by atoms with Gasteiger partial charge >= 0.3 is 0 Å². The van der Waals surface area contributed by atoms with Crippen molar-refractivity contribution < 1.29 is 4.74 Å². The van der Waals surface area contributed by atoms with Gasteiger partial charge in [0, 0.05) is 0 Å². The highest BCUT2D eigenvalue weighted by molar-refractivity contribution is 5.61. The monoisotopic (exact) mass is 289 g/mol. The van der Waals surface area contributed by atoms with E-state index in [0.717, 1.165) is 17.9 Å². The summed E-state index contributed by atoms with van der Waals surface area (Å²) >= 11 is 0. The van der Waals surface area contributed by atoms with Crippen LogP contribution >= 0.6 is 0 Å². The van der Waals surface area contributed by atoms with E-state index in [4.69, 9.17) is 4.74 Å². The summed E-state index contributed by atoms with van der Waals surface area (Å²) in [6.07, 6.45) is 1.36. The van der Waals surface area contributed by atoms with Gasteiger partial charge in [-0.2, -0.15) is 0 Å². The summed E-state index contributed by atoms with van der Waals surface area (Å²) < 4.78 is 6.32. The number of ether oxygens (including phenoxy) is 1. The molecule has 2 heteroatoms. The van der Waals surface area contributed by atoms with E-state index in [1.165, 1.54) is 5.56 Å². The highest BCUT2D eigenvalue weighted by atomic mass is 16.5. The van der Waals surface area contributed by atoms with Crippen LogP contribution in [0.4, 0.5) is 5.69 Å². The molecule has 1 aliphatic rings. The maximum atomic E-state index is 6.32. The van der Waals surface area contributed by atoms with Crippen molar-refractivity contribution in [2.75, 3.05) is 5.32 Å². The SMILES string of the molecule is CC(C)CC1Oc2ccc(C(C)(C)C)cc2NC1C(C)C. The van der Waals surface area contributed by atoms with Crippen molar-refractivity contribution in [3.05, 3.63) is 23.8 Å². The molecule has 2 nitrogen and oxygen atoms in total. The van der Waals surface area contributed by atoms with Gasteiger partial charge < -0.3 is 10.1 Å². The first-order valence-corrected chi connectivity index (χ1v) is 8.26. The van der Waals surface area contributed by atoms with Crippen molar-refractivity contribution in [3.63, 3.8) is 0 Å². The van der Waals surface area contributed by atoms with E-state index in [9.17, 15) is 0 Å². The van der Waals surface area contributed by atoms with Crippen LogP contribution in [0, 0.1) is 11.8 Å². The van der Waals surface area contributed by atoms with E-state index in [1.54, 1.807) is 0 Å². The molecule has 21 heavy (non-hydrogen) atoms. The summed E-state index contributed by atoms with van der Waals surface area (Å²) in [7, 11) is 0. The van der Waals surface area contributed by atoms with Crippen LogP contribution < -0.4 is 10.1 Å². The van der Waals surface area contributed by atoms with E-state index in [-0.39, 0.29) is 11.5 Å². The van der Waals surface area contributed by atoms with Gasteiger partial charge in [-0.15, -0.1) is 0 Å². The van der Waals surface area contributed by atoms with Crippen molar-refractivity contribution in [1.82, 2.24) is 0 Å². The molecule has 0 saturated carbocycles. The van der Waals surface area contributed by atoms with E-state index >= 15 is 0 Å². The lowest BCUT2D eigenvalue weighted by Crippen LogP contribution is -2.45.